The molecule has 0 radical (unpaired) electrons. The van der Waals surface area contributed by atoms with Crippen molar-refractivity contribution >= 4 is 17.3 Å². The molecule has 7 nitrogen and oxygen atoms in total. The molecule has 1 aromatic rings. The molecule has 1 aromatic carbocycles. The highest BCUT2D eigenvalue weighted by molar-refractivity contribution is 5.97. The van der Waals surface area contributed by atoms with E-state index in [4.69, 9.17) is 0 Å². The predicted octanol–water partition coefficient (Wildman–Crippen LogP) is 0.562. The van der Waals surface area contributed by atoms with Gasteiger partial charge >= 0.3 is 11.7 Å². The summed E-state index contributed by atoms with van der Waals surface area (Å²) in [6.07, 6.45) is -0.480. The normalized spacial score (nSPS) is 15.1. The lowest BCUT2D eigenvalue weighted by atomic mass is 10.1. The van der Waals surface area contributed by atoms with Crippen LogP contribution in [0.1, 0.15) is 10.4 Å². The van der Waals surface area contributed by atoms with Gasteiger partial charge in [-0.3, -0.25) is 10.1 Å². The van der Waals surface area contributed by atoms with Gasteiger partial charge in [0.1, 0.15) is 11.3 Å². The van der Waals surface area contributed by atoms with Gasteiger partial charge in [-0.1, -0.05) is 6.07 Å². The number of hydrogen-bond acceptors (Lipinski definition) is 6. The van der Waals surface area contributed by atoms with Gasteiger partial charge in [0.2, 0.25) is 0 Å². The van der Waals surface area contributed by atoms with Crippen LogP contribution in [0, 0.1) is 10.1 Å². The van der Waals surface area contributed by atoms with E-state index in [1.165, 1.54) is 13.2 Å². The molecule has 0 aliphatic carbocycles. The van der Waals surface area contributed by atoms with Crippen molar-refractivity contribution in [2.45, 2.75) is 6.10 Å². The van der Waals surface area contributed by atoms with E-state index in [2.05, 4.69) is 4.74 Å². The van der Waals surface area contributed by atoms with E-state index in [1.807, 2.05) is 0 Å². The number of esters is 1. The van der Waals surface area contributed by atoms with Crippen molar-refractivity contribution in [1.82, 2.24) is 0 Å². The zero-order valence-corrected chi connectivity index (χ0v) is 9.70. The average Bonchev–Trinajstić information content (AvgIpc) is 2.33. The summed E-state index contributed by atoms with van der Waals surface area (Å²) in [5.74, 6) is -0.746. The van der Waals surface area contributed by atoms with Crippen molar-refractivity contribution in [3.63, 3.8) is 0 Å². The van der Waals surface area contributed by atoms with E-state index in [1.54, 1.807) is 17.0 Å². The number of hydrogen-bond donors (Lipinski definition) is 1. The summed E-state index contributed by atoms with van der Waals surface area (Å²) in [7, 11) is 1.17. The molecule has 18 heavy (non-hydrogen) atoms. The molecule has 96 valence electrons. The molecule has 0 aromatic heterocycles. The molecule has 1 aliphatic heterocycles. The van der Waals surface area contributed by atoms with E-state index >= 15 is 0 Å². The van der Waals surface area contributed by atoms with E-state index in [-0.39, 0.29) is 11.3 Å². The molecule has 1 N–H and O–H groups in total. The van der Waals surface area contributed by atoms with E-state index in [9.17, 15) is 20.0 Å². The molecule has 1 fully saturated rings. The van der Waals surface area contributed by atoms with E-state index in [0.717, 1.165) is 0 Å². The molecular formula is C11H12N2O5. The number of nitro groups is 1. The number of aliphatic hydroxyl groups excluding tert-OH is 1. The van der Waals surface area contributed by atoms with Crippen LogP contribution in [0.3, 0.4) is 0 Å². The summed E-state index contributed by atoms with van der Waals surface area (Å²) in [6, 6.07) is 4.46. The zero-order valence-electron chi connectivity index (χ0n) is 9.70. The number of ether oxygens (including phenoxy) is 1. The first-order valence-electron chi connectivity index (χ1n) is 5.33. The highest BCUT2D eigenvalue weighted by atomic mass is 16.6. The lowest BCUT2D eigenvalue weighted by Crippen LogP contribution is -2.51. The van der Waals surface area contributed by atoms with Crippen molar-refractivity contribution in [1.29, 1.82) is 0 Å². The Morgan fingerprint density at radius 3 is 2.72 bits per heavy atom. The van der Waals surface area contributed by atoms with Gasteiger partial charge in [0.25, 0.3) is 0 Å². The molecule has 7 heteroatoms. The summed E-state index contributed by atoms with van der Waals surface area (Å²) >= 11 is 0. The van der Waals surface area contributed by atoms with Gasteiger partial charge in [0, 0.05) is 13.1 Å². The fourth-order valence-electron chi connectivity index (χ4n) is 1.91. The maximum absolute atomic E-state index is 11.5. The van der Waals surface area contributed by atoms with Gasteiger partial charge in [-0.25, -0.2) is 4.79 Å². The first-order valence-corrected chi connectivity index (χ1v) is 5.33. The summed E-state index contributed by atoms with van der Waals surface area (Å²) < 4.78 is 4.52. The maximum Gasteiger partial charge on any atom is 0.344 e. The van der Waals surface area contributed by atoms with Crippen molar-refractivity contribution < 1.29 is 19.6 Å². The standard InChI is InChI=1S/C11H12N2O5/c1-18-11(15)8-3-2-4-9(10(8)13(16)17)12-5-7(14)6-12/h2-4,7,14H,5-6H2,1H3. The number of β-amino-alcohol motifs (C(OH)–C–C–N with tert-alkyl or cyclic N) is 1. The third kappa shape index (κ3) is 2.00. The van der Waals surface area contributed by atoms with Crippen LogP contribution in [-0.2, 0) is 4.74 Å². The fourth-order valence-corrected chi connectivity index (χ4v) is 1.91. The first kappa shape index (κ1) is 12.3. The molecule has 0 spiro atoms. The Kier molecular flexibility index (Phi) is 3.15. The maximum atomic E-state index is 11.5. The average molecular weight is 252 g/mol. The summed E-state index contributed by atoms with van der Waals surface area (Å²) in [6.45, 7) is 0.650. The van der Waals surface area contributed by atoms with Crippen molar-refractivity contribution in [3.05, 3.63) is 33.9 Å². The number of aliphatic hydroxyl groups is 1. The number of nitrogens with zero attached hydrogens (tertiary/aromatic N) is 2. The van der Waals surface area contributed by atoms with Crippen molar-refractivity contribution in [2.75, 3.05) is 25.1 Å². The Morgan fingerprint density at radius 2 is 2.22 bits per heavy atom. The fraction of sp³-hybridized carbons (Fsp3) is 0.364. The largest absolute Gasteiger partial charge is 0.465 e. The topological polar surface area (TPSA) is 92.9 Å². The van der Waals surface area contributed by atoms with Crippen LogP contribution in [0.2, 0.25) is 0 Å². The smallest absolute Gasteiger partial charge is 0.344 e. The Morgan fingerprint density at radius 1 is 1.56 bits per heavy atom. The van der Waals surface area contributed by atoms with Gasteiger partial charge in [0.05, 0.1) is 18.1 Å². The second-order valence-electron chi connectivity index (χ2n) is 3.98. The van der Waals surface area contributed by atoms with Gasteiger partial charge in [-0.15, -0.1) is 0 Å². The zero-order chi connectivity index (χ0) is 13.3. The van der Waals surface area contributed by atoms with Gasteiger partial charge in [-0.05, 0) is 12.1 Å². The minimum Gasteiger partial charge on any atom is -0.465 e. The van der Waals surface area contributed by atoms with Crippen LogP contribution in [-0.4, -0.2) is 42.3 Å². The highest BCUT2D eigenvalue weighted by Crippen LogP contribution is 2.34. The molecule has 0 unspecified atom stereocenters. The number of rotatable bonds is 3. The van der Waals surface area contributed by atoms with Crippen LogP contribution in [0.15, 0.2) is 18.2 Å². The second kappa shape index (κ2) is 4.61. The van der Waals surface area contributed by atoms with Crippen LogP contribution < -0.4 is 4.90 Å². The number of methoxy groups -OCH3 is 1. The third-order valence-electron chi connectivity index (χ3n) is 2.81. The molecule has 2 rings (SSSR count). The third-order valence-corrected chi connectivity index (χ3v) is 2.81. The minimum atomic E-state index is -0.746. The van der Waals surface area contributed by atoms with E-state index < -0.39 is 17.0 Å². The SMILES string of the molecule is COC(=O)c1cccc(N2CC(O)C2)c1[N+](=O)[O-]. The molecule has 1 heterocycles. The summed E-state index contributed by atoms with van der Waals surface area (Å²) in [5.41, 5.74) is -0.0363. The molecule has 1 aliphatic rings. The van der Waals surface area contributed by atoms with Gasteiger partial charge in [0.15, 0.2) is 0 Å². The van der Waals surface area contributed by atoms with Crippen molar-refractivity contribution in [3.8, 4) is 0 Å². The number of carbonyl (C=O) groups is 1. The predicted molar refractivity (Wildman–Crippen MR) is 62.7 cm³/mol. The van der Waals surface area contributed by atoms with Crippen molar-refractivity contribution in [2.24, 2.45) is 0 Å². The van der Waals surface area contributed by atoms with Crippen LogP contribution >= 0.6 is 0 Å². The number of carbonyl (C=O) groups excluding carboxylic acids is 1. The second-order valence-corrected chi connectivity index (χ2v) is 3.98. The highest BCUT2D eigenvalue weighted by Gasteiger charge is 2.33. The monoisotopic (exact) mass is 252 g/mol. The Labute approximate surface area is 103 Å². The molecule has 0 atom stereocenters. The molecule has 0 bridgehead atoms. The van der Waals surface area contributed by atoms with Gasteiger partial charge in [-0.2, -0.15) is 0 Å². The van der Waals surface area contributed by atoms with E-state index in [0.29, 0.717) is 18.8 Å². The number of anilines is 1. The minimum absolute atomic E-state index is 0.0820. The Bertz CT molecular complexity index is 496. The number of para-hydroxylation sites is 1. The quantitative estimate of drug-likeness (QED) is 0.480. The number of benzene rings is 1. The van der Waals surface area contributed by atoms with Gasteiger partial charge < -0.3 is 14.7 Å². The van der Waals surface area contributed by atoms with Crippen LogP contribution in [0.4, 0.5) is 11.4 Å². The number of nitro benzene ring substituents is 1. The molecule has 1 saturated heterocycles. The molecule has 0 amide bonds. The molecule has 0 saturated carbocycles. The summed E-state index contributed by atoms with van der Waals surface area (Å²) in [4.78, 5) is 23.6. The molecular weight excluding hydrogens is 240 g/mol. The first-order chi connectivity index (χ1) is 8.54. The lowest BCUT2D eigenvalue weighted by Gasteiger charge is -2.37. The Balaban J connectivity index is 2.46. The van der Waals surface area contributed by atoms with Crippen LogP contribution in [0.5, 0.6) is 0 Å². The van der Waals surface area contributed by atoms with Crippen LogP contribution in [0.25, 0.3) is 0 Å². The summed E-state index contributed by atoms with van der Waals surface area (Å²) in [5, 5.41) is 20.3. The lowest BCUT2D eigenvalue weighted by molar-refractivity contribution is -0.384. The Hall–Kier alpha value is -2.15.